The smallest absolute Gasteiger partial charge is 0.0877 e. The van der Waals surface area contributed by atoms with E-state index in [4.69, 9.17) is 0 Å². The number of hydrogen-bond acceptors (Lipinski definition) is 3. The van der Waals surface area contributed by atoms with Crippen LogP contribution in [0.5, 0.6) is 0 Å². The lowest BCUT2D eigenvalue weighted by Gasteiger charge is -2.34. The van der Waals surface area contributed by atoms with Crippen LogP contribution in [0.2, 0.25) is 0 Å². The molecule has 18 heavy (non-hydrogen) atoms. The fourth-order valence-electron chi connectivity index (χ4n) is 4.23. The van der Waals surface area contributed by atoms with Gasteiger partial charge in [-0.1, -0.05) is 13.3 Å². The van der Waals surface area contributed by atoms with E-state index in [1.807, 2.05) is 6.92 Å². The number of aliphatic hydroxyl groups excluding tert-OH is 1. The highest BCUT2D eigenvalue weighted by Crippen LogP contribution is 2.51. The fourth-order valence-corrected chi connectivity index (χ4v) is 4.23. The van der Waals surface area contributed by atoms with Crippen molar-refractivity contribution in [2.24, 2.45) is 23.7 Å². The Labute approximate surface area is 110 Å². The molecular formula is C15H28O3. The molecule has 106 valence electrons. The van der Waals surface area contributed by atoms with E-state index in [0.717, 1.165) is 25.7 Å². The number of rotatable bonds is 2. The Morgan fingerprint density at radius 2 is 1.94 bits per heavy atom. The molecule has 0 radical (unpaired) electrons. The van der Waals surface area contributed by atoms with E-state index in [1.54, 1.807) is 6.92 Å². The zero-order valence-electron chi connectivity index (χ0n) is 11.9. The maximum atomic E-state index is 10.7. The lowest BCUT2D eigenvalue weighted by molar-refractivity contribution is -0.0569. The summed E-state index contributed by atoms with van der Waals surface area (Å²) in [4.78, 5) is 0. The number of hydrogen-bond donors (Lipinski definition) is 3. The van der Waals surface area contributed by atoms with Gasteiger partial charge in [-0.25, -0.2) is 0 Å². The SMILES string of the molecule is CC1CCC2C1CC(C(C)(O)CO)CCC2(C)O. The van der Waals surface area contributed by atoms with Gasteiger partial charge in [0, 0.05) is 0 Å². The molecule has 0 bridgehead atoms. The first-order valence-electron chi connectivity index (χ1n) is 7.33. The second-order valence-electron chi connectivity index (χ2n) is 7.17. The summed E-state index contributed by atoms with van der Waals surface area (Å²) >= 11 is 0. The van der Waals surface area contributed by atoms with Crippen LogP contribution in [0.3, 0.4) is 0 Å². The van der Waals surface area contributed by atoms with Crippen molar-refractivity contribution in [2.45, 2.75) is 64.1 Å². The van der Waals surface area contributed by atoms with Gasteiger partial charge in [-0.15, -0.1) is 0 Å². The van der Waals surface area contributed by atoms with Crippen molar-refractivity contribution >= 4 is 0 Å². The van der Waals surface area contributed by atoms with Crippen LogP contribution in [-0.2, 0) is 0 Å². The molecule has 3 nitrogen and oxygen atoms in total. The molecule has 0 saturated heterocycles. The molecule has 0 aliphatic heterocycles. The van der Waals surface area contributed by atoms with Gasteiger partial charge in [0.25, 0.3) is 0 Å². The molecule has 6 unspecified atom stereocenters. The van der Waals surface area contributed by atoms with Gasteiger partial charge in [-0.2, -0.15) is 0 Å². The van der Waals surface area contributed by atoms with Crippen LogP contribution in [-0.4, -0.2) is 33.1 Å². The number of aliphatic hydroxyl groups is 3. The van der Waals surface area contributed by atoms with Crippen LogP contribution >= 0.6 is 0 Å². The highest BCUT2D eigenvalue weighted by atomic mass is 16.3. The molecule has 2 saturated carbocycles. The summed E-state index contributed by atoms with van der Waals surface area (Å²) in [5.41, 5.74) is -1.61. The molecule has 0 aromatic carbocycles. The van der Waals surface area contributed by atoms with Crippen molar-refractivity contribution in [3.63, 3.8) is 0 Å². The molecule has 0 spiro atoms. The molecule has 3 N–H and O–H groups in total. The highest BCUT2D eigenvalue weighted by Gasteiger charge is 2.49. The molecular weight excluding hydrogens is 228 g/mol. The molecule has 2 aliphatic rings. The van der Waals surface area contributed by atoms with Crippen LogP contribution in [0.25, 0.3) is 0 Å². The first kappa shape index (κ1) is 14.3. The van der Waals surface area contributed by atoms with Crippen LogP contribution in [0.4, 0.5) is 0 Å². The molecule has 0 amide bonds. The Morgan fingerprint density at radius 1 is 1.28 bits per heavy atom. The third kappa shape index (κ3) is 2.45. The number of fused-ring (bicyclic) bond motifs is 1. The quantitative estimate of drug-likeness (QED) is 0.707. The minimum atomic E-state index is -1.01. The molecule has 0 aromatic heterocycles. The Hall–Kier alpha value is -0.120. The Morgan fingerprint density at radius 3 is 2.56 bits per heavy atom. The second-order valence-corrected chi connectivity index (χ2v) is 7.17. The Bertz CT molecular complexity index is 298. The first-order chi connectivity index (χ1) is 8.28. The van der Waals surface area contributed by atoms with Gasteiger partial charge in [-0.3, -0.25) is 0 Å². The molecule has 0 aromatic rings. The van der Waals surface area contributed by atoms with Gasteiger partial charge in [0.2, 0.25) is 0 Å². The standard InChI is InChI=1S/C15H28O3/c1-10-4-5-13-12(10)8-11(15(3,18)9-16)6-7-14(13,2)17/h10-13,16-18H,4-9H2,1-3H3. The minimum absolute atomic E-state index is 0.101. The third-order valence-corrected chi connectivity index (χ3v) is 5.73. The van der Waals surface area contributed by atoms with E-state index in [-0.39, 0.29) is 12.5 Å². The van der Waals surface area contributed by atoms with Crippen LogP contribution in [0, 0.1) is 23.7 Å². The molecule has 0 heterocycles. The van der Waals surface area contributed by atoms with Gasteiger partial charge in [0.15, 0.2) is 0 Å². The summed E-state index contributed by atoms with van der Waals surface area (Å²) in [6.45, 7) is 5.76. The van der Waals surface area contributed by atoms with E-state index >= 15 is 0 Å². The van der Waals surface area contributed by atoms with Gasteiger partial charge >= 0.3 is 0 Å². The topological polar surface area (TPSA) is 60.7 Å². The van der Waals surface area contributed by atoms with E-state index in [9.17, 15) is 15.3 Å². The monoisotopic (exact) mass is 256 g/mol. The van der Waals surface area contributed by atoms with Crippen molar-refractivity contribution in [3.05, 3.63) is 0 Å². The average molecular weight is 256 g/mol. The molecule has 2 aliphatic carbocycles. The largest absolute Gasteiger partial charge is 0.393 e. The van der Waals surface area contributed by atoms with Crippen LogP contribution in [0.15, 0.2) is 0 Å². The zero-order chi connectivity index (χ0) is 13.6. The fraction of sp³-hybridized carbons (Fsp3) is 1.00. The van der Waals surface area contributed by atoms with E-state index in [0.29, 0.717) is 17.8 Å². The first-order valence-corrected chi connectivity index (χ1v) is 7.33. The van der Waals surface area contributed by atoms with Crippen molar-refractivity contribution < 1.29 is 15.3 Å². The van der Waals surface area contributed by atoms with Gasteiger partial charge < -0.3 is 15.3 Å². The summed E-state index contributed by atoms with van der Waals surface area (Å²) in [5, 5.41) is 30.3. The van der Waals surface area contributed by atoms with Crippen molar-refractivity contribution in [3.8, 4) is 0 Å². The Kier molecular flexibility index (Phi) is 3.79. The summed E-state index contributed by atoms with van der Waals surface area (Å²) in [5.74, 6) is 1.58. The van der Waals surface area contributed by atoms with E-state index < -0.39 is 11.2 Å². The highest BCUT2D eigenvalue weighted by molar-refractivity contribution is 4.99. The molecule has 2 fully saturated rings. The predicted octanol–water partition coefficient (Wildman–Crippen LogP) is 1.94. The van der Waals surface area contributed by atoms with E-state index in [1.165, 1.54) is 6.42 Å². The van der Waals surface area contributed by atoms with Crippen molar-refractivity contribution in [1.29, 1.82) is 0 Å². The van der Waals surface area contributed by atoms with Crippen LogP contribution < -0.4 is 0 Å². The van der Waals surface area contributed by atoms with Crippen molar-refractivity contribution in [1.82, 2.24) is 0 Å². The lowest BCUT2D eigenvalue weighted by atomic mass is 9.76. The summed E-state index contributed by atoms with van der Waals surface area (Å²) in [6, 6.07) is 0. The zero-order valence-corrected chi connectivity index (χ0v) is 11.9. The van der Waals surface area contributed by atoms with Gasteiger partial charge in [-0.05, 0) is 63.2 Å². The van der Waals surface area contributed by atoms with Crippen molar-refractivity contribution in [2.75, 3.05) is 6.61 Å². The second kappa shape index (κ2) is 4.77. The van der Waals surface area contributed by atoms with Crippen LogP contribution in [0.1, 0.15) is 52.9 Å². The maximum Gasteiger partial charge on any atom is 0.0877 e. The maximum absolute atomic E-state index is 10.7. The predicted molar refractivity (Wildman–Crippen MR) is 71.1 cm³/mol. The van der Waals surface area contributed by atoms with E-state index in [2.05, 4.69) is 6.92 Å². The molecule has 6 atom stereocenters. The van der Waals surface area contributed by atoms with Gasteiger partial charge in [0.05, 0.1) is 17.8 Å². The minimum Gasteiger partial charge on any atom is -0.393 e. The summed E-state index contributed by atoms with van der Waals surface area (Å²) in [7, 11) is 0. The summed E-state index contributed by atoms with van der Waals surface area (Å²) < 4.78 is 0. The molecule has 3 heteroatoms. The summed E-state index contributed by atoms with van der Waals surface area (Å²) in [6.07, 6.45) is 4.77. The third-order valence-electron chi connectivity index (χ3n) is 5.73. The average Bonchev–Trinajstić information content (AvgIpc) is 2.59. The van der Waals surface area contributed by atoms with Gasteiger partial charge in [0.1, 0.15) is 0 Å². The lowest BCUT2D eigenvalue weighted by Crippen LogP contribution is -2.39. The molecule has 2 rings (SSSR count). The normalized spacial score (nSPS) is 48.3. The Balaban J connectivity index is 2.21.